The Morgan fingerprint density at radius 3 is 2.71 bits per heavy atom. The van der Waals surface area contributed by atoms with Gasteiger partial charge in [-0.15, -0.1) is 0 Å². The fourth-order valence-corrected chi connectivity index (χ4v) is 1.29. The lowest BCUT2D eigenvalue weighted by Gasteiger charge is -2.09. The van der Waals surface area contributed by atoms with Crippen LogP contribution in [-0.4, -0.2) is 30.4 Å². The second-order valence-electron chi connectivity index (χ2n) is 3.37. The normalized spacial score (nSPS) is 10.0. The maximum absolute atomic E-state index is 10.6. The molecule has 6 heteroatoms. The van der Waals surface area contributed by atoms with Crippen LogP contribution in [0.2, 0.25) is 0 Å². The first-order valence-electron chi connectivity index (χ1n) is 5.25. The molecule has 0 aliphatic carbocycles. The molecule has 0 saturated heterocycles. The van der Waals surface area contributed by atoms with Gasteiger partial charge >= 0.3 is 0 Å². The van der Waals surface area contributed by atoms with Crippen molar-refractivity contribution in [3.8, 4) is 11.5 Å². The third-order valence-electron chi connectivity index (χ3n) is 2.17. The second-order valence-corrected chi connectivity index (χ2v) is 3.37. The molecule has 94 valence electrons. The SMILES string of the molecule is COc1ccc([N+](=O)[O-])cc1OCCCCO. The van der Waals surface area contributed by atoms with E-state index < -0.39 is 4.92 Å². The highest BCUT2D eigenvalue weighted by Crippen LogP contribution is 2.31. The summed E-state index contributed by atoms with van der Waals surface area (Å²) < 4.78 is 10.4. The Balaban J connectivity index is 2.72. The van der Waals surface area contributed by atoms with Crippen molar-refractivity contribution in [1.82, 2.24) is 0 Å². The molecular formula is C11H15NO5. The van der Waals surface area contributed by atoms with Gasteiger partial charge in [0.2, 0.25) is 0 Å². The van der Waals surface area contributed by atoms with Gasteiger partial charge in [0.05, 0.1) is 24.7 Å². The van der Waals surface area contributed by atoms with E-state index in [2.05, 4.69) is 0 Å². The van der Waals surface area contributed by atoms with Crippen LogP contribution in [0.15, 0.2) is 18.2 Å². The summed E-state index contributed by atoms with van der Waals surface area (Å²) in [7, 11) is 1.47. The van der Waals surface area contributed by atoms with Gasteiger partial charge in [0.25, 0.3) is 5.69 Å². The van der Waals surface area contributed by atoms with Gasteiger partial charge in [-0.3, -0.25) is 10.1 Å². The number of hydrogen-bond acceptors (Lipinski definition) is 5. The average molecular weight is 241 g/mol. The van der Waals surface area contributed by atoms with Crippen molar-refractivity contribution in [2.45, 2.75) is 12.8 Å². The van der Waals surface area contributed by atoms with Gasteiger partial charge in [-0.1, -0.05) is 0 Å². The zero-order valence-electron chi connectivity index (χ0n) is 9.59. The summed E-state index contributed by atoms with van der Waals surface area (Å²) in [6, 6.07) is 4.19. The molecule has 0 spiro atoms. The Labute approximate surface area is 98.9 Å². The number of nitro benzene ring substituents is 1. The van der Waals surface area contributed by atoms with Crippen molar-refractivity contribution in [2.75, 3.05) is 20.3 Å². The first kappa shape index (κ1) is 13.2. The molecule has 0 atom stereocenters. The van der Waals surface area contributed by atoms with Gasteiger partial charge in [-0.25, -0.2) is 0 Å². The van der Waals surface area contributed by atoms with Gasteiger partial charge in [-0.2, -0.15) is 0 Å². The number of hydrogen-bond donors (Lipinski definition) is 1. The van der Waals surface area contributed by atoms with Gasteiger partial charge in [-0.05, 0) is 18.9 Å². The summed E-state index contributed by atoms with van der Waals surface area (Å²) >= 11 is 0. The highest BCUT2D eigenvalue weighted by Gasteiger charge is 2.12. The lowest BCUT2D eigenvalue weighted by atomic mass is 10.3. The molecule has 0 amide bonds. The number of rotatable bonds is 7. The van der Waals surface area contributed by atoms with Crippen molar-refractivity contribution < 1.29 is 19.5 Å². The van der Waals surface area contributed by atoms with E-state index in [9.17, 15) is 10.1 Å². The number of methoxy groups -OCH3 is 1. The van der Waals surface area contributed by atoms with Crippen LogP contribution in [0.1, 0.15) is 12.8 Å². The Morgan fingerprint density at radius 1 is 1.35 bits per heavy atom. The van der Waals surface area contributed by atoms with Crippen LogP contribution < -0.4 is 9.47 Å². The molecule has 1 N–H and O–H groups in total. The third kappa shape index (κ3) is 3.92. The van der Waals surface area contributed by atoms with Crippen LogP contribution >= 0.6 is 0 Å². The predicted molar refractivity (Wildman–Crippen MR) is 61.5 cm³/mol. The first-order chi connectivity index (χ1) is 8.19. The number of non-ortho nitro benzene ring substituents is 1. The van der Waals surface area contributed by atoms with Crippen LogP contribution in [0.4, 0.5) is 5.69 Å². The minimum Gasteiger partial charge on any atom is -0.493 e. The van der Waals surface area contributed by atoms with Crippen LogP contribution in [-0.2, 0) is 0 Å². The maximum Gasteiger partial charge on any atom is 0.273 e. The smallest absolute Gasteiger partial charge is 0.273 e. The fraction of sp³-hybridized carbons (Fsp3) is 0.455. The molecular weight excluding hydrogens is 226 g/mol. The molecule has 1 rings (SSSR count). The Bertz CT molecular complexity index is 380. The van der Waals surface area contributed by atoms with Gasteiger partial charge in [0.1, 0.15) is 0 Å². The van der Waals surface area contributed by atoms with Gasteiger partial charge in [0, 0.05) is 12.7 Å². The summed E-state index contributed by atoms with van der Waals surface area (Å²) in [6.07, 6.45) is 1.32. The van der Waals surface area contributed by atoms with Crippen molar-refractivity contribution in [3.05, 3.63) is 28.3 Å². The molecule has 0 aliphatic heterocycles. The largest absolute Gasteiger partial charge is 0.493 e. The monoisotopic (exact) mass is 241 g/mol. The zero-order valence-corrected chi connectivity index (χ0v) is 9.59. The molecule has 0 aliphatic rings. The number of ether oxygens (including phenoxy) is 2. The number of unbranched alkanes of at least 4 members (excludes halogenated alkanes) is 1. The first-order valence-corrected chi connectivity index (χ1v) is 5.25. The Hall–Kier alpha value is -1.82. The zero-order chi connectivity index (χ0) is 12.7. The average Bonchev–Trinajstić information content (AvgIpc) is 2.34. The Morgan fingerprint density at radius 2 is 2.12 bits per heavy atom. The van der Waals surface area contributed by atoms with E-state index >= 15 is 0 Å². The number of nitrogens with zero attached hydrogens (tertiary/aromatic N) is 1. The highest BCUT2D eigenvalue weighted by molar-refractivity contribution is 5.48. The quantitative estimate of drug-likeness (QED) is 0.447. The number of benzene rings is 1. The minimum atomic E-state index is -0.486. The fourth-order valence-electron chi connectivity index (χ4n) is 1.29. The summed E-state index contributed by atoms with van der Waals surface area (Å²) in [5, 5.41) is 19.2. The van der Waals surface area contributed by atoms with E-state index in [0.29, 0.717) is 30.9 Å². The molecule has 1 aromatic carbocycles. The molecule has 1 aromatic rings. The summed E-state index contributed by atoms with van der Waals surface area (Å²) in [5.41, 5.74) is -0.0389. The van der Waals surface area contributed by atoms with Crippen molar-refractivity contribution >= 4 is 5.69 Å². The topological polar surface area (TPSA) is 81.8 Å². The molecule has 17 heavy (non-hydrogen) atoms. The molecule has 0 unspecified atom stereocenters. The van der Waals surface area contributed by atoms with Gasteiger partial charge in [0.15, 0.2) is 11.5 Å². The molecule has 0 aromatic heterocycles. The van der Waals surface area contributed by atoms with Crippen LogP contribution in [0.3, 0.4) is 0 Å². The minimum absolute atomic E-state index is 0.0389. The van der Waals surface area contributed by atoms with Crippen molar-refractivity contribution in [3.63, 3.8) is 0 Å². The van der Waals surface area contributed by atoms with Crippen molar-refractivity contribution in [1.29, 1.82) is 0 Å². The lowest BCUT2D eigenvalue weighted by Crippen LogP contribution is -2.01. The summed E-state index contributed by atoms with van der Waals surface area (Å²) in [4.78, 5) is 10.1. The maximum atomic E-state index is 10.6. The van der Waals surface area contributed by atoms with E-state index in [4.69, 9.17) is 14.6 Å². The van der Waals surface area contributed by atoms with Gasteiger partial charge < -0.3 is 14.6 Å². The van der Waals surface area contributed by atoms with E-state index in [1.807, 2.05) is 0 Å². The molecule has 0 radical (unpaired) electrons. The second kappa shape index (κ2) is 6.70. The van der Waals surface area contributed by atoms with E-state index in [1.54, 1.807) is 0 Å². The Kier molecular flexibility index (Phi) is 5.22. The van der Waals surface area contributed by atoms with Crippen LogP contribution in [0.25, 0.3) is 0 Å². The molecule has 0 heterocycles. The van der Waals surface area contributed by atoms with E-state index in [1.165, 1.54) is 25.3 Å². The highest BCUT2D eigenvalue weighted by atomic mass is 16.6. The number of aliphatic hydroxyl groups excluding tert-OH is 1. The van der Waals surface area contributed by atoms with E-state index in [0.717, 1.165) is 0 Å². The van der Waals surface area contributed by atoms with Crippen LogP contribution in [0.5, 0.6) is 11.5 Å². The van der Waals surface area contributed by atoms with Crippen LogP contribution in [0, 0.1) is 10.1 Å². The number of nitro groups is 1. The molecule has 0 fully saturated rings. The van der Waals surface area contributed by atoms with E-state index in [-0.39, 0.29) is 12.3 Å². The summed E-state index contributed by atoms with van der Waals surface area (Å²) in [5.74, 6) is 0.805. The summed E-state index contributed by atoms with van der Waals surface area (Å²) in [6.45, 7) is 0.494. The lowest BCUT2D eigenvalue weighted by molar-refractivity contribution is -0.385. The third-order valence-corrected chi connectivity index (χ3v) is 2.17. The standard InChI is InChI=1S/C11H15NO5/c1-16-10-5-4-9(12(14)15)8-11(10)17-7-3-2-6-13/h4-5,8,13H,2-3,6-7H2,1H3. The molecule has 0 saturated carbocycles. The predicted octanol–water partition coefficient (Wildman–Crippen LogP) is 1.75. The molecule has 6 nitrogen and oxygen atoms in total. The molecule has 0 bridgehead atoms. The number of aliphatic hydroxyl groups is 1. The van der Waals surface area contributed by atoms with Crippen molar-refractivity contribution in [2.24, 2.45) is 0 Å².